The molecule has 1 N–H and O–H groups in total. The molecule has 0 spiro atoms. The Morgan fingerprint density at radius 3 is 2.37 bits per heavy atom. The minimum absolute atomic E-state index is 0.122. The standard InChI is InChI=1S/C15H28N2O2/c1-13(14(18)17-10-6-3-7-11-17)16(2)12-15(19)8-4-5-9-15/h13,19H,3-12H2,1-2H3. The average molecular weight is 268 g/mol. The number of rotatable bonds is 4. The molecule has 2 rings (SSSR count). The maximum atomic E-state index is 12.4. The summed E-state index contributed by atoms with van der Waals surface area (Å²) in [6.45, 7) is 4.39. The lowest BCUT2D eigenvalue weighted by Crippen LogP contribution is -2.51. The number of carbonyl (C=O) groups is 1. The van der Waals surface area contributed by atoms with Crippen LogP contribution in [0, 0.1) is 0 Å². The largest absolute Gasteiger partial charge is 0.389 e. The molecule has 4 heteroatoms. The van der Waals surface area contributed by atoms with Gasteiger partial charge in [-0.25, -0.2) is 0 Å². The Morgan fingerprint density at radius 1 is 1.21 bits per heavy atom. The number of aliphatic hydroxyl groups is 1. The third-order valence-electron chi connectivity index (χ3n) is 4.76. The van der Waals surface area contributed by atoms with Gasteiger partial charge in [-0.15, -0.1) is 0 Å². The van der Waals surface area contributed by atoms with E-state index in [0.29, 0.717) is 6.54 Å². The predicted molar refractivity (Wildman–Crippen MR) is 75.9 cm³/mol. The lowest BCUT2D eigenvalue weighted by Gasteiger charge is -2.35. The van der Waals surface area contributed by atoms with Crippen molar-refractivity contribution >= 4 is 5.91 Å². The summed E-state index contributed by atoms with van der Waals surface area (Å²) in [6.07, 6.45) is 7.48. The van der Waals surface area contributed by atoms with E-state index in [-0.39, 0.29) is 11.9 Å². The molecule has 1 saturated carbocycles. The summed E-state index contributed by atoms with van der Waals surface area (Å²) in [6, 6.07) is -0.122. The molecule has 0 aromatic carbocycles. The number of hydrogen-bond donors (Lipinski definition) is 1. The van der Waals surface area contributed by atoms with Gasteiger partial charge in [0.05, 0.1) is 11.6 Å². The number of likely N-dealkylation sites (tertiary alicyclic amines) is 1. The van der Waals surface area contributed by atoms with Crippen LogP contribution in [0.1, 0.15) is 51.9 Å². The van der Waals surface area contributed by atoms with E-state index in [2.05, 4.69) is 0 Å². The van der Waals surface area contributed by atoms with E-state index >= 15 is 0 Å². The van der Waals surface area contributed by atoms with Gasteiger partial charge in [0.2, 0.25) is 5.91 Å². The summed E-state index contributed by atoms with van der Waals surface area (Å²) in [4.78, 5) is 16.4. The van der Waals surface area contributed by atoms with E-state index in [4.69, 9.17) is 0 Å². The Labute approximate surface area is 116 Å². The summed E-state index contributed by atoms with van der Waals surface area (Å²) < 4.78 is 0. The van der Waals surface area contributed by atoms with Crippen LogP contribution in [0.3, 0.4) is 0 Å². The normalized spacial score (nSPS) is 24.7. The Hall–Kier alpha value is -0.610. The van der Waals surface area contributed by atoms with Gasteiger partial charge in [-0.3, -0.25) is 9.69 Å². The predicted octanol–water partition coefficient (Wildman–Crippen LogP) is 1.62. The Kier molecular flexibility index (Phi) is 4.85. The Bertz CT molecular complexity index is 307. The van der Waals surface area contributed by atoms with Gasteiger partial charge in [0.25, 0.3) is 0 Å². The zero-order chi connectivity index (χ0) is 13.9. The number of carbonyl (C=O) groups excluding carboxylic acids is 1. The molecule has 1 aliphatic heterocycles. The molecule has 0 aromatic heterocycles. The van der Waals surface area contributed by atoms with Gasteiger partial charge in [0, 0.05) is 19.6 Å². The second-order valence-electron chi connectivity index (χ2n) is 6.41. The summed E-state index contributed by atoms with van der Waals surface area (Å²) >= 11 is 0. The van der Waals surface area contributed by atoms with Crippen LogP contribution in [0.5, 0.6) is 0 Å². The molecule has 1 heterocycles. The molecule has 0 bridgehead atoms. The van der Waals surface area contributed by atoms with Crippen molar-refractivity contribution < 1.29 is 9.90 Å². The third kappa shape index (κ3) is 3.69. The lowest BCUT2D eigenvalue weighted by molar-refractivity contribution is -0.137. The van der Waals surface area contributed by atoms with Crippen molar-refractivity contribution in [2.75, 3.05) is 26.7 Å². The van der Waals surface area contributed by atoms with E-state index < -0.39 is 5.60 Å². The maximum absolute atomic E-state index is 12.4. The highest BCUT2D eigenvalue weighted by Gasteiger charge is 2.35. The lowest BCUT2D eigenvalue weighted by atomic mass is 10.0. The van der Waals surface area contributed by atoms with Crippen LogP contribution in [-0.4, -0.2) is 59.1 Å². The van der Waals surface area contributed by atoms with Crippen LogP contribution >= 0.6 is 0 Å². The number of hydrogen-bond acceptors (Lipinski definition) is 3. The van der Waals surface area contributed by atoms with Gasteiger partial charge in [-0.2, -0.15) is 0 Å². The minimum atomic E-state index is -0.564. The molecule has 1 unspecified atom stereocenters. The van der Waals surface area contributed by atoms with Crippen molar-refractivity contribution in [2.24, 2.45) is 0 Å². The van der Waals surface area contributed by atoms with Crippen LogP contribution in [0.25, 0.3) is 0 Å². The summed E-state index contributed by atoms with van der Waals surface area (Å²) in [7, 11) is 1.96. The second kappa shape index (κ2) is 6.23. The average Bonchev–Trinajstić information content (AvgIpc) is 2.84. The van der Waals surface area contributed by atoms with Gasteiger partial charge in [-0.05, 0) is 46.1 Å². The molecular weight excluding hydrogens is 240 g/mol. The second-order valence-corrected chi connectivity index (χ2v) is 6.41. The van der Waals surface area contributed by atoms with E-state index in [1.54, 1.807) is 0 Å². The first-order valence-electron chi connectivity index (χ1n) is 7.73. The molecule has 2 fully saturated rings. The monoisotopic (exact) mass is 268 g/mol. The molecule has 2 aliphatic rings. The SMILES string of the molecule is CC(C(=O)N1CCCCC1)N(C)CC1(O)CCCC1. The van der Waals surface area contributed by atoms with E-state index in [9.17, 15) is 9.90 Å². The molecule has 110 valence electrons. The number of piperidine rings is 1. The highest BCUT2D eigenvalue weighted by atomic mass is 16.3. The minimum Gasteiger partial charge on any atom is -0.389 e. The first-order valence-corrected chi connectivity index (χ1v) is 7.73. The maximum Gasteiger partial charge on any atom is 0.239 e. The fraction of sp³-hybridized carbons (Fsp3) is 0.933. The summed E-state index contributed by atoms with van der Waals surface area (Å²) in [5.74, 6) is 0.226. The van der Waals surface area contributed by atoms with Crippen LogP contribution in [0.15, 0.2) is 0 Å². The summed E-state index contributed by atoms with van der Waals surface area (Å²) in [5.41, 5.74) is -0.564. The molecule has 1 atom stereocenters. The first kappa shape index (κ1) is 14.8. The van der Waals surface area contributed by atoms with E-state index in [0.717, 1.165) is 51.6 Å². The Morgan fingerprint density at radius 2 is 1.79 bits per heavy atom. The molecule has 1 amide bonds. The van der Waals surface area contributed by atoms with Gasteiger partial charge in [-0.1, -0.05) is 12.8 Å². The van der Waals surface area contributed by atoms with Crippen molar-refractivity contribution in [2.45, 2.75) is 63.5 Å². The van der Waals surface area contributed by atoms with Crippen molar-refractivity contribution in [3.8, 4) is 0 Å². The molecule has 1 saturated heterocycles. The highest BCUT2D eigenvalue weighted by Crippen LogP contribution is 2.30. The topological polar surface area (TPSA) is 43.8 Å². The third-order valence-corrected chi connectivity index (χ3v) is 4.76. The van der Waals surface area contributed by atoms with Crippen molar-refractivity contribution in [3.05, 3.63) is 0 Å². The van der Waals surface area contributed by atoms with E-state index in [1.807, 2.05) is 23.8 Å². The van der Waals surface area contributed by atoms with Crippen molar-refractivity contribution in [3.63, 3.8) is 0 Å². The van der Waals surface area contributed by atoms with Gasteiger partial charge in [0.1, 0.15) is 0 Å². The van der Waals surface area contributed by atoms with Gasteiger partial charge in [0.15, 0.2) is 0 Å². The van der Waals surface area contributed by atoms with Crippen LogP contribution in [0.4, 0.5) is 0 Å². The smallest absolute Gasteiger partial charge is 0.239 e. The number of nitrogens with zero attached hydrogens (tertiary/aromatic N) is 2. The van der Waals surface area contributed by atoms with Gasteiger partial charge >= 0.3 is 0 Å². The summed E-state index contributed by atoms with van der Waals surface area (Å²) in [5, 5.41) is 10.4. The Balaban J connectivity index is 1.86. The first-order chi connectivity index (χ1) is 9.02. The highest BCUT2D eigenvalue weighted by molar-refractivity contribution is 5.81. The zero-order valence-corrected chi connectivity index (χ0v) is 12.4. The molecule has 19 heavy (non-hydrogen) atoms. The van der Waals surface area contributed by atoms with Crippen LogP contribution < -0.4 is 0 Å². The quantitative estimate of drug-likeness (QED) is 0.842. The van der Waals surface area contributed by atoms with E-state index in [1.165, 1.54) is 6.42 Å². The fourth-order valence-corrected chi connectivity index (χ4v) is 3.36. The van der Waals surface area contributed by atoms with Crippen LogP contribution in [-0.2, 0) is 4.79 Å². The molecule has 0 radical (unpaired) electrons. The molecule has 0 aromatic rings. The fourth-order valence-electron chi connectivity index (χ4n) is 3.36. The van der Waals surface area contributed by atoms with Gasteiger partial charge < -0.3 is 10.0 Å². The van der Waals surface area contributed by atoms with Crippen molar-refractivity contribution in [1.29, 1.82) is 0 Å². The van der Waals surface area contributed by atoms with Crippen molar-refractivity contribution in [1.82, 2.24) is 9.80 Å². The number of likely N-dealkylation sites (N-methyl/N-ethyl adjacent to an activating group) is 1. The molecular formula is C15H28N2O2. The zero-order valence-electron chi connectivity index (χ0n) is 12.4. The molecule has 4 nitrogen and oxygen atoms in total. The molecule has 1 aliphatic carbocycles. The number of amides is 1. The van der Waals surface area contributed by atoms with Crippen LogP contribution in [0.2, 0.25) is 0 Å².